The monoisotopic (exact) mass is 327 g/mol. The van der Waals surface area contributed by atoms with Crippen molar-refractivity contribution in [2.24, 2.45) is 5.92 Å². The van der Waals surface area contributed by atoms with Gasteiger partial charge in [0.05, 0.1) is 12.4 Å². The van der Waals surface area contributed by atoms with E-state index < -0.39 is 0 Å². The van der Waals surface area contributed by atoms with Gasteiger partial charge in [-0.05, 0) is 62.3 Å². The number of rotatable bonds is 4. The van der Waals surface area contributed by atoms with Crippen molar-refractivity contribution in [2.45, 2.75) is 39.7 Å². The van der Waals surface area contributed by atoms with Crippen LogP contribution in [-0.4, -0.2) is 41.9 Å². The molecule has 1 fully saturated rings. The first-order valence-corrected chi connectivity index (χ1v) is 8.98. The molecule has 3 rings (SSSR count). The quantitative estimate of drug-likeness (QED) is 0.677. The summed E-state index contributed by atoms with van der Waals surface area (Å²) in [6.07, 6.45) is 3.32. The molecule has 1 N–H and O–H groups in total. The minimum atomic E-state index is 0.601. The highest BCUT2D eigenvalue weighted by atomic mass is 16.5. The van der Waals surface area contributed by atoms with Crippen LogP contribution in [0.4, 0.5) is 0 Å². The Labute approximate surface area is 145 Å². The summed E-state index contributed by atoms with van der Waals surface area (Å²) >= 11 is 0. The zero-order valence-electron chi connectivity index (χ0n) is 15.0. The minimum Gasteiger partial charge on any atom is -0.493 e. The summed E-state index contributed by atoms with van der Waals surface area (Å²) < 4.78 is 6.09. The summed E-state index contributed by atoms with van der Waals surface area (Å²) in [5.41, 5.74) is 3.95. The number of hydrogen-bond acceptors (Lipinski definition) is 3. The van der Waals surface area contributed by atoms with Crippen molar-refractivity contribution >= 4 is 5.84 Å². The van der Waals surface area contributed by atoms with Crippen molar-refractivity contribution in [1.82, 2.24) is 9.80 Å². The number of benzene rings is 1. The molecule has 2 aliphatic rings. The van der Waals surface area contributed by atoms with Crippen LogP contribution >= 0.6 is 0 Å². The third-order valence-electron chi connectivity index (χ3n) is 5.30. The van der Waals surface area contributed by atoms with Crippen LogP contribution in [0.3, 0.4) is 0 Å². The van der Waals surface area contributed by atoms with E-state index in [1.807, 2.05) is 6.92 Å². The van der Waals surface area contributed by atoms with Gasteiger partial charge in [-0.3, -0.25) is 5.41 Å². The zero-order chi connectivity index (χ0) is 17.1. The van der Waals surface area contributed by atoms with Crippen LogP contribution in [0, 0.1) is 11.3 Å². The highest BCUT2D eigenvalue weighted by molar-refractivity contribution is 5.76. The Bertz CT molecular complexity index is 617. The van der Waals surface area contributed by atoms with Crippen LogP contribution in [-0.2, 0) is 13.0 Å². The molecular formula is C20H29N3O. The normalized spacial score (nSPS) is 18.2. The Morgan fingerprint density at radius 1 is 1.17 bits per heavy atom. The highest BCUT2D eigenvalue weighted by Gasteiger charge is 2.20. The van der Waals surface area contributed by atoms with Gasteiger partial charge in [0.1, 0.15) is 5.75 Å². The lowest BCUT2D eigenvalue weighted by molar-refractivity contribution is 0.180. The van der Waals surface area contributed by atoms with Crippen molar-refractivity contribution in [2.75, 3.05) is 26.2 Å². The molecular weight excluding hydrogens is 298 g/mol. The van der Waals surface area contributed by atoms with Crippen molar-refractivity contribution < 1.29 is 4.74 Å². The van der Waals surface area contributed by atoms with Gasteiger partial charge in [0.25, 0.3) is 0 Å². The van der Waals surface area contributed by atoms with E-state index in [1.54, 1.807) is 0 Å². The average Bonchev–Trinajstić information content (AvgIpc) is 2.59. The van der Waals surface area contributed by atoms with Crippen molar-refractivity contribution in [1.29, 1.82) is 5.41 Å². The van der Waals surface area contributed by atoms with Gasteiger partial charge >= 0.3 is 0 Å². The van der Waals surface area contributed by atoms with Gasteiger partial charge in [0, 0.05) is 31.9 Å². The molecule has 0 bridgehead atoms. The van der Waals surface area contributed by atoms with E-state index >= 15 is 0 Å². The maximum absolute atomic E-state index is 7.71. The molecule has 0 spiro atoms. The molecule has 1 aromatic carbocycles. The number of nitrogens with one attached hydrogen (secondary N) is 1. The van der Waals surface area contributed by atoms with Crippen LogP contribution < -0.4 is 4.74 Å². The maximum atomic E-state index is 7.71. The number of amidine groups is 1. The second-order valence-electron chi connectivity index (χ2n) is 7.16. The van der Waals surface area contributed by atoms with Gasteiger partial charge in [-0.1, -0.05) is 12.6 Å². The molecule has 130 valence electrons. The number of likely N-dealkylation sites (tertiary alicyclic amines) is 1. The van der Waals surface area contributed by atoms with Gasteiger partial charge in [-0.2, -0.15) is 0 Å². The van der Waals surface area contributed by atoms with E-state index in [4.69, 9.17) is 10.1 Å². The number of ether oxygens (including phenoxy) is 1. The summed E-state index contributed by atoms with van der Waals surface area (Å²) in [6.45, 7) is 12.8. The highest BCUT2D eigenvalue weighted by Crippen LogP contribution is 2.26. The smallest absolute Gasteiger partial charge is 0.119 e. The van der Waals surface area contributed by atoms with Gasteiger partial charge < -0.3 is 14.5 Å². The zero-order valence-corrected chi connectivity index (χ0v) is 15.0. The standard InChI is InChI=1S/C20H29N3O/c1-15(2)23-11-8-18-4-5-20(12-19(18)13-23)24-14-17-6-9-22(10-7-17)16(3)21/h4-5,12,17,21H,1,6-11,13-14H2,2-3H3. The molecule has 2 aliphatic heterocycles. The largest absolute Gasteiger partial charge is 0.493 e. The molecule has 1 aromatic rings. The molecule has 0 aliphatic carbocycles. The fourth-order valence-electron chi connectivity index (χ4n) is 3.60. The van der Waals surface area contributed by atoms with Gasteiger partial charge in [-0.15, -0.1) is 0 Å². The van der Waals surface area contributed by atoms with E-state index in [0.29, 0.717) is 11.8 Å². The van der Waals surface area contributed by atoms with Crippen LogP contribution in [0.25, 0.3) is 0 Å². The second kappa shape index (κ2) is 7.29. The first-order chi connectivity index (χ1) is 11.5. The first-order valence-electron chi connectivity index (χ1n) is 8.98. The minimum absolute atomic E-state index is 0.601. The number of fused-ring (bicyclic) bond motifs is 1. The SMILES string of the molecule is C=C(C)N1CCc2ccc(OCC3CCN(C(C)=N)CC3)cc2C1. The third-order valence-corrected chi connectivity index (χ3v) is 5.30. The maximum Gasteiger partial charge on any atom is 0.119 e. The summed E-state index contributed by atoms with van der Waals surface area (Å²) in [7, 11) is 0. The topological polar surface area (TPSA) is 39.6 Å². The molecule has 1 saturated heterocycles. The van der Waals surface area contributed by atoms with E-state index in [9.17, 15) is 0 Å². The molecule has 0 saturated carbocycles. The average molecular weight is 327 g/mol. The molecule has 24 heavy (non-hydrogen) atoms. The van der Waals surface area contributed by atoms with E-state index in [1.165, 1.54) is 11.1 Å². The van der Waals surface area contributed by atoms with E-state index in [0.717, 1.165) is 63.5 Å². The summed E-state index contributed by atoms with van der Waals surface area (Å²) in [4.78, 5) is 4.49. The molecule has 0 atom stereocenters. The van der Waals surface area contributed by atoms with Crippen molar-refractivity contribution in [3.8, 4) is 5.75 Å². The Morgan fingerprint density at radius 3 is 2.58 bits per heavy atom. The van der Waals surface area contributed by atoms with Crippen LogP contribution in [0.5, 0.6) is 5.75 Å². The summed E-state index contributed by atoms with van der Waals surface area (Å²) in [5.74, 6) is 2.28. The van der Waals surface area contributed by atoms with Crippen LogP contribution in [0.2, 0.25) is 0 Å². The lowest BCUT2D eigenvalue weighted by Gasteiger charge is -2.33. The lowest BCUT2D eigenvalue weighted by atomic mass is 9.97. The number of nitrogens with zero attached hydrogens (tertiary/aromatic N) is 2. The summed E-state index contributed by atoms with van der Waals surface area (Å²) in [6, 6.07) is 6.55. The number of hydrogen-bond donors (Lipinski definition) is 1. The van der Waals surface area contributed by atoms with Crippen molar-refractivity contribution in [3.63, 3.8) is 0 Å². The van der Waals surface area contributed by atoms with E-state index in [-0.39, 0.29) is 0 Å². The lowest BCUT2D eigenvalue weighted by Crippen LogP contribution is -2.38. The molecule has 0 aromatic heterocycles. The Kier molecular flexibility index (Phi) is 5.12. The predicted octanol–water partition coefficient (Wildman–Crippen LogP) is 3.67. The van der Waals surface area contributed by atoms with Crippen LogP contribution in [0.1, 0.15) is 37.8 Å². The third kappa shape index (κ3) is 3.92. The van der Waals surface area contributed by atoms with Gasteiger partial charge in [0.2, 0.25) is 0 Å². The first kappa shape index (κ1) is 16.9. The molecule has 4 nitrogen and oxygen atoms in total. The molecule has 2 heterocycles. The van der Waals surface area contributed by atoms with Crippen LogP contribution in [0.15, 0.2) is 30.5 Å². The number of allylic oxidation sites excluding steroid dienone is 1. The molecule has 4 heteroatoms. The van der Waals surface area contributed by atoms with Gasteiger partial charge in [-0.25, -0.2) is 0 Å². The van der Waals surface area contributed by atoms with Crippen molar-refractivity contribution in [3.05, 3.63) is 41.6 Å². The molecule has 0 amide bonds. The Balaban J connectivity index is 1.54. The fraction of sp³-hybridized carbons (Fsp3) is 0.550. The Hall–Kier alpha value is -1.97. The van der Waals surface area contributed by atoms with Gasteiger partial charge in [0.15, 0.2) is 0 Å². The van der Waals surface area contributed by atoms with E-state index in [2.05, 4.69) is 41.5 Å². The molecule has 0 radical (unpaired) electrons. The fourth-order valence-corrected chi connectivity index (χ4v) is 3.60. The number of piperidine rings is 1. The molecule has 0 unspecified atom stereocenters. The Morgan fingerprint density at radius 2 is 1.92 bits per heavy atom. The predicted molar refractivity (Wildman–Crippen MR) is 98.6 cm³/mol. The second-order valence-corrected chi connectivity index (χ2v) is 7.16. The summed E-state index contributed by atoms with van der Waals surface area (Å²) in [5, 5.41) is 7.71.